The van der Waals surface area contributed by atoms with E-state index in [4.69, 9.17) is 4.74 Å². The molecule has 0 aliphatic heterocycles. The maximum atomic E-state index is 11.3. The second-order valence-corrected chi connectivity index (χ2v) is 5.13. The summed E-state index contributed by atoms with van der Waals surface area (Å²) >= 11 is 0.843. The number of carbonyl (C=O) groups is 3. The lowest BCUT2D eigenvalue weighted by atomic mass is 10.2. The molecule has 102 valence electrons. The van der Waals surface area contributed by atoms with Crippen molar-refractivity contribution in [2.45, 2.75) is 33.3 Å². The predicted octanol–water partition coefficient (Wildman–Crippen LogP) is 1.18. The van der Waals surface area contributed by atoms with Gasteiger partial charge in [0.15, 0.2) is 11.5 Å². The number of hydrogen-bond donors (Lipinski definition) is 0. The number of thioether (sulfide) groups is 1. The van der Waals surface area contributed by atoms with Crippen LogP contribution in [0.5, 0.6) is 0 Å². The predicted molar refractivity (Wildman–Crippen MR) is 68.4 cm³/mol. The van der Waals surface area contributed by atoms with Crippen LogP contribution < -0.4 is 0 Å². The molecule has 0 aromatic carbocycles. The number of carbonyl (C=O) groups excluding carboxylic acids is 3. The van der Waals surface area contributed by atoms with Crippen molar-refractivity contribution >= 4 is 34.3 Å². The first kappa shape index (κ1) is 16.6. The van der Waals surface area contributed by atoms with Gasteiger partial charge in [-0.05, 0) is 27.0 Å². The Bertz CT molecular complexity index is 370. The summed E-state index contributed by atoms with van der Waals surface area (Å²) in [6.07, 6.45) is 1.52. The quantitative estimate of drug-likeness (QED) is 0.324. The van der Waals surface area contributed by atoms with Gasteiger partial charge in [-0.3, -0.25) is 9.59 Å². The Morgan fingerprint density at radius 2 is 1.78 bits per heavy atom. The molecule has 0 saturated carbocycles. The molecule has 0 saturated heterocycles. The van der Waals surface area contributed by atoms with Crippen molar-refractivity contribution in [3.05, 3.63) is 0 Å². The lowest BCUT2D eigenvalue weighted by Gasteiger charge is -2.18. The van der Waals surface area contributed by atoms with Crippen LogP contribution in [-0.2, 0) is 24.0 Å². The van der Waals surface area contributed by atoms with E-state index < -0.39 is 29.1 Å². The highest BCUT2D eigenvalue weighted by atomic mass is 32.2. The largest absolute Gasteiger partial charge is 0.457 e. The first-order chi connectivity index (χ1) is 8.17. The zero-order chi connectivity index (χ0) is 14.3. The Balaban J connectivity index is 4.40. The fourth-order valence-electron chi connectivity index (χ4n) is 0.862. The molecule has 0 bridgehead atoms. The Morgan fingerprint density at radius 3 is 2.17 bits per heavy atom. The minimum absolute atomic E-state index is 0.328. The summed E-state index contributed by atoms with van der Waals surface area (Å²) in [5, 5.41) is 2.85. The molecule has 0 heterocycles. The molecule has 0 aromatic rings. The van der Waals surface area contributed by atoms with Crippen LogP contribution in [0, 0.1) is 0 Å². The van der Waals surface area contributed by atoms with Crippen LogP contribution in [0.1, 0.15) is 27.7 Å². The summed E-state index contributed by atoms with van der Waals surface area (Å²) in [5.41, 5.74) is -0.950. The zero-order valence-electron chi connectivity index (χ0n) is 11.1. The second kappa shape index (κ2) is 7.15. The van der Waals surface area contributed by atoms with Gasteiger partial charge in [0.05, 0.1) is 0 Å². The van der Waals surface area contributed by atoms with Gasteiger partial charge in [0, 0.05) is 6.92 Å². The highest BCUT2D eigenvalue weighted by Crippen LogP contribution is 2.07. The molecule has 6 nitrogen and oxygen atoms in total. The molecule has 0 aliphatic carbocycles. The van der Waals surface area contributed by atoms with Crippen molar-refractivity contribution in [1.29, 1.82) is 0 Å². The molecule has 0 spiro atoms. The zero-order valence-corrected chi connectivity index (χ0v) is 11.9. The first-order valence-corrected chi connectivity index (χ1v) is 6.41. The molecule has 0 unspecified atom stereocenters. The average Bonchev–Trinajstić information content (AvgIpc) is 2.20. The number of Topliss-reactive ketones (excluding diaryl/α,β-unsaturated/α-hetero) is 1. The van der Waals surface area contributed by atoms with Gasteiger partial charge in [0.1, 0.15) is 5.60 Å². The molecule has 0 rings (SSSR count). The van der Waals surface area contributed by atoms with E-state index in [9.17, 15) is 14.4 Å². The van der Waals surface area contributed by atoms with Crippen molar-refractivity contribution < 1.29 is 24.0 Å². The average molecular weight is 275 g/mol. The van der Waals surface area contributed by atoms with Crippen molar-refractivity contribution in [2.24, 2.45) is 5.16 Å². The molecule has 0 atom stereocenters. The summed E-state index contributed by atoms with van der Waals surface area (Å²) in [5.74, 6) is -1.13. The molecule has 0 radical (unpaired) electrons. The van der Waals surface area contributed by atoms with Gasteiger partial charge in [0.25, 0.3) is 0 Å². The molecular formula is C11H17NO5S. The number of esters is 1. The number of oxime groups is 1. The lowest BCUT2D eigenvalue weighted by molar-refractivity contribution is -0.160. The Kier molecular flexibility index (Phi) is 6.61. The first-order valence-electron chi connectivity index (χ1n) is 5.18. The van der Waals surface area contributed by atoms with E-state index in [1.807, 2.05) is 0 Å². The number of ether oxygens (including phenoxy) is 1. The molecule has 0 amide bonds. The SMILES string of the molecule is CSC(=O)/C(=N/OCC(=O)OC(C)(C)C)C(C)=O. The van der Waals surface area contributed by atoms with Crippen LogP contribution >= 0.6 is 11.8 Å². The minimum Gasteiger partial charge on any atom is -0.457 e. The van der Waals surface area contributed by atoms with Gasteiger partial charge >= 0.3 is 5.97 Å². The lowest BCUT2D eigenvalue weighted by Crippen LogP contribution is -2.26. The maximum Gasteiger partial charge on any atom is 0.347 e. The Morgan fingerprint density at radius 1 is 1.22 bits per heavy atom. The van der Waals surface area contributed by atoms with Crippen LogP contribution in [0.25, 0.3) is 0 Å². The third-order valence-corrected chi connectivity index (χ3v) is 2.03. The summed E-state index contributed by atoms with van der Waals surface area (Å²) < 4.78 is 4.96. The van der Waals surface area contributed by atoms with E-state index in [0.29, 0.717) is 0 Å². The van der Waals surface area contributed by atoms with Crippen molar-refractivity contribution in [1.82, 2.24) is 0 Å². The van der Waals surface area contributed by atoms with Gasteiger partial charge in [-0.1, -0.05) is 16.9 Å². The summed E-state index contributed by atoms with van der Waals surface area (Å²) in [7, 11) is 0. The Labute approximate surface area is 110 Å². The van der Waals surface area contributed by atoms with Gasteiger partial charge in [-0.2, -0.15) is 0 Å². The van der Waals surface area contributed by atoms with E-state index in [1.165, 1.54) is 13.2 Å². The van der Waals surface area contributed by atoms with Crippen LogP contribution in [0.3, 0.4) is 0 Å². The molecule has 0 N–H and O–H groups in total. The number of rotatable bonds is 5. The topological polar surface area (TPSA) is 82.0 Å². The van der Waals surface area contributed by atoms with Crippen LogP contribution in [0.4, 0.5) is 0 Å². The molecule has 7 heteroatoms. The Hall–Kier alpha value is -1.37. The molecule has 0 fully saturated rings. The van der Waals surface area contributed by atoms with E-state index >= 15 is 0 Å². The third-order valence-electron chi connectivity index (χ3n) is 1.47. The van der Waals surface area contributed by atoms with E-state index in [2.05, 4.69) is 9.99 Å². The fraction of sp³-hybridized carbons (Fsp3) is 0.636. The van der Waals surface area contributed by atoms with Gasteiger partial charge in [0.2, 0.25) is 11.7 Å². The molecule has 0 aliphatic rings. The normalized spacial score (nSPS) is 11.9. The van der Waals surface area contributed by atoms with Crippen LogP contribution in [0.2, 0.25) is 0 Å². The molecule has 18 heavy (non-hydrogen) atoms. The summed E-state index contributed by atoms with van der Waals surface area (Å²) in [6, 6.07) is 0. The van der Waals surface area contributed by atoms with E-state index in [-0.39, 0.29) is 5.71 Å². The fourth-order valence-corrected chi connectivity index (χ4v) is 1.24. The van der Waals surface area contributed by atoms with Crippen molar-refractivity contribution in [2.75, 3.05) is 12.9 Å². The number of hydrogen-bond acceptors (Lipinski definition) is 7. The minimum atomic E-state index is -0.622. The molecule has 0 aromatic heterocycles. The monoisotopic (exact) mass is 275 g/mol. The van der Waals surface area contributed by atoms with E-state index in [1.54, 1.807) is 20.8 Å². The van der Waals surface area contributed by atoms with Crippen molar-refractivity contribution in [3.8, 4) is 0 Å². The standard InChI is InChI=1S/C11H17NO5S/c1-7(13)9(10(15)18-5)12-16-6-8(14)17-11(2,3)4/h6H2,1-5H3/b12-9+. The van der Waals surface area contributed by atoms with Crippen LogP contribution in [-0.4, -0.2) is 41.0 Å². The number of ketones is 1. The summed E-state index contributed by atoms with van der Waals surface area (Å²) in [4.78, 5) is 38.3. The number of nitrogens with zero attached hydrogens (tertiary/aromatic N) is 1. The summed E-state index contributed by atoms with van der Waals surface area (Å²) in [6.45, 7) is 5.89. The van der Waals surface area contributed by atoms with Gasteiger partial charge in [-0.15, -0.1) is 0 Å². The van der Waals surface area contributed by atoms with Crippen LogP contribution in [0.15, 0.2) is 5.16 Å². The maximum absolute atomic E-state index is 11.3. The molecular weight excluding hydrogens is 258 g/mol. The van der Waals surface area contributed by atoms with Crippen molar-refractivity contribution in [3.63, 3.8) is 0 Å². The van der Waals surface area contributed by atoms with Gasteiger partial charge < -0.3 is 9.57 Å². The van der Waals surface area contributed by atoms with Gasteiger partial charge in [-0.25, -0.2) is 4.79 Å². The highest BCUT2D eigenvalue weighted by molar-refractivity contribution is 8.15. The second-order valence-electron chi connectivity index (χ2n) is 4.35. The highest BCUT2D eigenvalue weighted by Gasteiger charge is 2.19. The third kappa shape index (κ3) is 7.05. The smallest absolute Gasteiger partial charge is 0.347 e. The van der Waals surface area contributed by atoms with E-state index in [0.717, 1.165) is 11.8 Å².